The molecule has 0 aliphatic carbocycles. The smallest absolute Gasteiger partial charge is 0.246 e. The van der Waals surface area contributed by atoms with E-state index in [4.69, 9.17) is 24.7 Å². The van der Waals surface area contributed by atoms with Crippen LogP contribution in [0.5, 0.6) is 0 Å². The van der Waals surface area contributed by atoms with Crippen molar-refractivity contribution >= 4 is 29.1 Å². The van der Waals surface area contributed by atoms with Gasteiger partial charge in [-0.3, -0.25) is 14.4 Å². The van der Waals surface area contributed by atoms with Gasteiger partial charge in [0.15, 0.2) is 0 Å². The van der Waals surface area contributed by atoms with Crippen LogP contribution in [0.4, 0.5) is 0 Å². The number of aromatic nitrogens is 1. The predicted octanol–water partition coefficient (Wildman–Crippen LogP) is 1.25. The zero-order valence-electron chi connectivity index (χ0n) is 27.3. The van der Waals surface area contributed by atoms with Gasteiger partial charge in [-0.2, -0.15) is 0 Å². The minimum Gasteiger partial charge on any atom is -0.391 e. The van der Waals surface area contributed by atoms with Crippen LogP contribution in [-0.4, -0.2) is 117 Å². The van der Waals surface area contributed by atoms with Gasteiger partial charge in [-0.05, 0) is 23.5 Å². The van der Waals surface area contributed by atoms with Crippen molar-refractivity contribution in [3.63, 3.8) is 0 Å². The van der Waals surface area contributed by atoms with E-state index < -0.39 is 35.4 Å². The van der Waals surface area contributed by atoms with Crippen molar-refractivity contribution in [2.45, 2.75) is 58.8 Å². The lowest BCUT2D eigenvalue weighted by Crippen LogP contribution is -2.58. The lowest BCUT2D eigenvalue weighted by Gasteiger charge is -2.35. The van der Waals surface area contributed by atoms with E-state index in [1.54, 1.807) is 11.3 Å². The summed E-state index contributed by atoms with van der Waals surface area (Å²) in [6.45, 7) is 10.6. The van der Waals surface area contributed by atoms with Gasteiger partial charge in [0.25, 0.3) is 0 Å². The van der Waals surface area contributed by atoms with E-state index in [0.717, 1.165) is 21.7 Å². The molecule has 1 aliphatic heterocycles. The van der Waals surface area contributed by atoms with Gasteiger partial charge < -0.3 is 45.3 Å². The monoisotopic (exact) mass is 663 g/mol. The molecule has 3 rings (SSSR count). The molecule has 46 heavy (non-hydrogen) atoms. The number of rotatable bonds is 19. The number of ether oxygens (including phenoxy) is 4. The quantitative estimate of drug-likeness (QED) is 0.160. The molecule has 0 saturated carbocycles. The molecule has 0 bridgehead atoms. The number of thiazole rings is 1. The van der Waals surface area contributed by atoms with Gasteiger partial charge in [0.05, 0.1) is 68.4 Å². The first-order valence-corrected chi connectivity index (χ1v) is 16.4. The van der Waals surface area contributed by atoms with Crippen LogP contribution >= 0.6 is 11.3 Å². The van der Waals surface area contributed by atoms with Crippen LogP contribution in [0.2, 0.25) is 0 Å². The highest BCUT2D eigenvalue weighted by molar-refractivity contribution is 7.13. The van der Waals surface area contributed by atoms with Crippen LogP contribution in [0.15, 0.2) is 29.8 Å². The van der Waals surface area contributed by atoms with Crippen LogP contribution in [0.25, 0.3) is 10.4 Å². The highest BCUT2D eigenvalue weighted by Crippen LogP contribution is 2.28. The van der Waals surface area contributed by atoms with E-state index in [1.807, 2.05) is 57.5 Å². The van der Waals surface area contributed by atoms with Crippen molar-refractivity contribution < 1.29 is 38.4 Å². The average molecular weight is 664 g/mol. The number of aryl methyl sites for hydroxylation is 1. The molecule has 1 unspecified atom stereocenters. The van der Waals surface area contributed by atoms with Crippen molar-refractivity contribution in [2.24, 2.45) is 11.1 Å². The molecule has 256 valence electrons. The summed E-state index contributed by atoms with van der Waals surface area (Å²) in [5, 5.41) is 16.1. The third-order valence-corrected chi connectivity index (χ3v) is 8.30. The molecule has 0 radical (unpaired) electrons. The SMILES string of the molecule is Cc1ncsc1-c1ccc(CNC(=O)[C@@H]2C[C@@H](O)CN2C(=O)C(NC(=O)COCCOCCOCCOCCN)C(C)(C)C)cc1. The van der Waals surface area contributed by atoms with Gasteiger partial charge in [0.2, 0.25) is 17.7 Å². The van der Waals surface area contributed by atoms with Crippen molar-refractivity contribution in [2.75, 3.05) is 65.9 Å². The third-order valence-electron chi connectivity index (χ3n) is 7.32. The molecule has 14 heteroatoms. The van der Waals surface area contributed by atoms with Crippen LogP contribution < -0.4 is 16.4 Å². The molecule has 1 aromatic heterocycles. The summed E-state index contributed by atoms with van der Waals surface area (Å²) < 4.78 is 21.5. The van der Waals surface area contributed by atoms with Gasteiger partial charge in [-0.25, -0.2) is 4.98 Å². The van der Waals surface area contributed by atoms with E-state index in [0.29, 0.717) is 39.6 Å². The summed E-state index contributed by atoms with van der Waals surface area (Å²) in [4.78, 5) is 46.5. The Kier molecular flexibility index (Phi) is 15.5. The Labute approximate surface area is 275 Å². The molecule has 1 aromatic carbocycles. The number of hydrogen-bond donors (Lipinski definition) is 4. The normalized spacial score (nSPS) is 17.2. The highest BCUT2D eigenvalue weighted by atomic mass is 32.1. The second-order valence-corrected chi connectivity index (χ2v) is 13.0. The molecule has 2 heterocycles. The van der Waals surface area contributed by atoms with Crippen molar-refractivity contribution in [1.82, 2.24) is 20.5 Å². The van der Waals surface area contributed by atoms with Crippen molar-refractivity contribution in [3.8, 4) is 10.4 Å². The van der Waals surface area contributed by atoms with Gasteiger partial charge >= 0.3 is 0 Å². The first-order valence-electron chi connectivity index (χ1n) is 15.6. The molecule has 1 fully saturated rings. The lowest BCUT2D eigenvalue weighted by molar-refractivity contribution is -0.144. The van der Waals surface area contributed by atoms with E-state index in [2.05, 4.69) is 15.6 Å². The maximum Gasteiger partial charge on any atom is 0.246 e. The fourth-order valence-corrected chi connectivity index (χ4v) is 5.70. The number of nitrogens with zero attached hydrogens (tertiary/aromatic N) is 2. The molecule has 1 aliphatic rings. The van der Waals surface area contributed by atoms with Crippen LogP contribution in [0.3, 0.4) is 0 Å². The second-order valence-electron chi connectivity index (χ2n) is 12.1. The minimum absolute atomic E-state index is 0.000541. The standard InChI is InChI=1S/C32H49N5O8S/c1-22-28(46-21-35-22)24-7-5-23(6-8-24)18-34-30(40)26-17-25(38)19-37(26)31(41)29(32(2,3)4)36-27(39)20-45-16-15-44-14-13-43-12-11-42-10-9-33/h5-8,21,25-26,29,38H,9-20,33H2,1-4H3,(H,34,40)(H,36,39)/t25-,26+,29?/m1/s1. The van der Waals surface area contributed by atoms with Gasteiger partial charge in [-0.15, -0.1) is 11.3 Å². The molecule has 3 atom stereocenters. The molecule has 13 nitrogen and oxygen atoms in total. The number of carbonyl (C=O) groups excluding carboxylic acids is 3. The number of aliphatic hydroxyl groups excluding tert-OH is 1. The van der Waals surface area contributed by atoms with Crippen LogP contribution in [0, 0.1) is 12.3 Å². The summed E-state index contributed by atoms with van der Waals surface area (Å²) in [6.07, 6.45) is -0.737. The van der Waals surface area contributed by atoms with Gasteiger partial charge in [-0.1, -0.05) is 45.0 Å². The lowest BCUT2D eigenvalue weighted by atomic mass is 9.85. The number of likely N-dealkylation sites (tertiary alicyclic amines) is 1. The van der Waals surface area contributed by atoms with Gasteiger partial charge in [0, 0.05) is 26.1 Å². The maximum absolute atomic E-state index is 13.7. The zero-order valence-corrected chi connectivity index (χ0v) is 28.1. The first-order chi connectivity index (χ1) is 22.0. The largest absolute Gasteiger partial charge is 0.391 e. The molecule has 3 amide bonds. The number of amides is 3. The predicted molar refractivity (Wildman–Crippen MR) is 174 cm³/mol. The number of β-amino-alcohol motifs (C(OH)–C–C–N with tert-alkyl or cyclic N) is 1. The number of nitrogens with two attached hydrogens (primary N) is 1. The van der Waals surface area contributed by atoms with Crippen molar-refractivity contribution in [3.05, 3.63) is 41.0 Å². The van der Waals surface area contributed by atoms with Gasteiger partial charge in [0.1, 0.15) is 18.7 Å². The minimum atomic E-state index is -0.936. The molecule has 5 N–H and O–H groups in total. The number of hydrogen-bond acceptors (Lipinski definition) is 11. The Morgan fingerprint density at radius 2 is 1.63 bits per heavy atom. The van der Waals surface area contributed by atoms with Crippen molar-refractivity contribution in [1.29, 1.82) is 0 Å². The summed E-state index contributed by atoms with van der Waals surface area (Å²) in [5.74, 6) is -1.26. The van der Waals surface area contributed by atoms with E-state index in [-0.39, 0.29) is 45.2 Å². The Balaban J connectivity index is 1.45. The Bertz CT molecular complexity index is 1240. The number of carbonyl (C=O) groups is 3. The zero-order chi connectivity index (χ0) is 33.5. The first kappa shape index (κ1) is 37.5. The molecule has 0 spiro atoms. The average Bonchev–Trinajstić information content (AvgIpc) is 3.63. The third kappa shape index (κ3) is 12.0. The van der Waals surface area contributed by atoms with E-state index in [1.165, 1.54) is 4.90 Å². The fraction of sp³-hybridized carbons (Fsp3) is 0.625. The summed E-state index contributed by atoms with van der Waals surface area (Å²) >= 11 is 1.58. The number of aliphatic hydroxyl groups is 1. The Morgan fingerprint density at radius 3 is 2.20 bits per heavy atom. The number of benzene rings is 1. The summed E-state index contributed by atoms with van der Waals surface area (Å²) in [7, 11) is 0. The van der Waals surface area contributed by atoms with Crippen LogP contribution in [0.1, 0.15) is 38.4 Å². The van der Waals surface area contributed by atoms with E-state index in [9.17, 15) is 19.5 Å². The Morgan fingerprint density at radius 1 is 1.02 bits per heavy atom. The second kappa shape index (κ2) is 19.0. The molecular formula is C32H49N5O8S. The molecular weight excluding hydrogens is 614 g/mol. The summed E-state index contributed by atoms with van der Waals surface area (Å²) in [6, 6.07) is 6.07. The van der Waals surface area contributed by atoms with E-state index >= 15 is 0 Å². The highest BCUT2D eigenvalue weighted by Gasteiger charge is 2.44. The molecule has 1 saturated heterocycles. The summed E-state index contributed by atoms with van der Waals surface area (Å²) in [5.41, 5.74) is 9.42. The topological polar surface area (TPSA) is 175 Å². The van der Waals surface area contributed by atoms with Crippen LogP contribution in [-0.2, 0) is 39.9 Å². The Hall–Kier alpha value is -2.98. The fourth-order valence-electron chi connectivity index (χ4n) is 4.89. The maximum atomic E-state index is 13.7. The molecule has 2 aromatic rings. The number of nitrogens with one attached hydrogen (secondary N) is 2.